The minimum atomic E-state index is 0.843. The van der Waals surface area contributed by atoms with Crippen LogP contribution in [0.3, 0.4) is 0 Å². The van der Waals surface area contributed by atoms with E-state index in [2.05, 4.69) is 58.6 Å². The van der Waals surface area contributed by atoms with Crippen LogP contribution in [-0.2, 0) is 7.05 Å². The maximum absolute atomic E-state index is 5.20. The normalized spacial score (nSPS) is 11.0. The Morgan fingerprint density at radius 3 is 2.27 bits per heavy atom. The number of rotatable bonds is 6. The van der Waals surface area contributed by atoms with Crippen molar-refractivity contribution in [2.45, 2.75) is 0 Å². The molecule has 4 rings (SSSR count). The van der Waals surface area contributed by atoms with Crippen LogP contribution >= 0.6 is 0 Å². The number of hydrogen-bond donors (Lipinski definition) is 1. The Labute approximate surface area is 176 Å². The molecule has 5 nitrogen and oxygen atoms in total. The molecule has 0 amide bonds. The molecule has 0 bridgehead atoms. The molecule has 1 heterocycles. The number of hydrogen-bond acceptors (Lipinski definition) is 4. The number of aromatic nitrogens is 1. The van der Waals surface area contributed by atoms with Crippen LogP contribution in [0.2, 0.25) is 0 Å². The van der Waals surface area contributed by atoms with Gasteiger partial charge >= 0.3 is 0 Å². The van der Waals surface area contributed by atoms with Crippen LogP contribution in [0.15, 0.2) is 90.2 Å². The fourth-order valence-electron chi connectivity index (χ4n) is 3.32. The van der Waals surface area contributed by atoms with Gasteiger partial charge in [-0.3, -0.25) is 5.01 Å². The Morgan fingerprint density at radius 2 is 1.57 bits per heavy atom. The molecular formula is C25H25N4O+. The minimum absolute atomic E-state index is 0.843. The molecule has 4 aromatic rings. The third kappa shape index (κ3) is 4.25. The molecule has 0 unspecified atom stereocenters. The van der Waals surface area contributed by atoms with E-state index in [1.165, 1.54) is 10.9 Å². The fraction of sp³-hybridized carbons (Fsp3) is 0.120. The van der Waals surface area contributed by atoms with Crippen LogP contribution in [0, 0.1) is 0 Å². The van der Waals surface area contributed by atoms with Crippen LogP contribution in [0.5, 0.6) is 5.75 Å². The van der Waals surface area contributed by atoms with E-state index in [-0.39, 0.29) is 0 Å². The highest BCUT2D eigenvalue weighted by molar-refractivity contribution is 5.97. The molecule has 3 aromatic carbocycles. The van der Waals surface area contributed by atoms with Crippen LogP contribution in [0.4, 0.5) is 17.1 Å². The van der Waals surface area contributed by atoms with Crippen molar-refractivity contribution >= 4 is 34.2 Å². The van der Waals surface area contributed by atoms with Gasteiger partial charge in [-0.25, -0.2) is 4.57 Å². The van der Waals surface area contributed by atoms with E-state index in [0.29, 0.717) is 0 Å². The summed E-state index contributed by atoms with van der Waals surface area (Å²) in [5, 5.41) is 11.1. The number of methoxy groups -OCH3 is 1. The number of nitrogens with zero attached hydrogens (tertiary/aromatic N) is 3. The third-order valence-electron chi connectivity index (χ3n) is 5.06. The van der Waals surface area contributed by atoms with Gasteiger partial charge in [0.15, 0.2) is 6.20 Å². The number of pyridine rings is 1. The second kappa shape index (κ2) is 8.66. The number of hydrazone groups is 1. The molecule has 1 aromatic heterocycles. The molecule has 0 radical (unpaired) electrons. The van der Waals surface area contributed by atoms with Gasteiger partial charge in [-0.15, -0.1) is 0 Å². The van der Waals surface area contributed by atoms with Crippen molar-refractivity contribution in [3.05, 3.63) is 90.6 Å². The third-order valence-corrected chi connectivity index (χ3v) is 5.06. The maximum atomic E-state index is 5.20. The molecular weight excluding hydrogens is 372 g/mol. The molecule has 0 atom stereocenters. The number of nitrogens with one attached hydrogen (secondary N) is 1. The van der Waals surface area contributed by atoms with Gasteiger partial charge in [0, 0.05) is 36.1 Å². The van der Waals surface area contributed by atoms with Gasteiger partial charge in [-0.1, -0.05) is 12.1 Å². The highest BCUT2D eigenvalue weighted by atomic mass is 16.5. The highest BCUT2D eigenvalue weighted by Crippen LogP contribution is 2.22. The molecule has 1 N–H and O–H groups in total. The molecule has 0 aliphatic heterocycles. The topological polar surface area (TPSA) is 40.7 Å². The van der Waals surface area contributed by atoms with Crippen molar-refractivity contribution in [3.8, 4) is 5.75 Å². The van der Waals surface area contributed by atoms with E-state index in [9.17, 15) is 0 Å². The second-order valence-corrected chi connectivity index (χ2v) is 7.07. The molecule has 0 saturated heterocycles. The molecule has 0 fully saturated rings. The van der Waals surface area contributed by atoms with Gasteiger partial charge < -0.3 is 10.1 Å². The molecule has 0 aliphatic carbocycles. The first-order valence-electron chi connectivity index (χ1n) is 9.80. The van der Waals surface area contributed by atoms with Crippen LogP contribution < -0.4 is 19.6 Å². The molecule has 150 valence electrons. The van der Waals surface area contributed by atoms with Crippen molar-refractivity contribution in [2.75, 3.05) is 24.5 Å². The first-order valence-corrected chi connectivity index (χ1v) is 9.80. The summed E-state index contributed by atoms with van der Waals surface area (Å²) >= 11 is 0. The molecule has 0 aliphatic rings. The summed E-state index contributed by atoms with van der Waals surface area (Å²) in [5.74, 6) is 0.843. The number of benzene rings is 3. The zero-order valence-electron chi connectivity index (χ0n) is 17.4. The Kier molecular flexibility index (Phi) is 5.61. The lowest BCUT2D eigenvalue weighted by Gasteiger charge is -2.14. The average Bonchev–Trinajstić information content (AvgIpc) is 2.80. The summed E-state index contributed by atoms with van der Waals surface area (Å²) in [6.07, 6.45) is 3.97. The van der Waals surface area contributed by atoms with Gasteiger partial charge in [0.25, 0.3) is 0 Å². The standard InChI is InChI=1S/C25H25N4O/c1-28-17-16-19(24-6-4-5-7-25(24)28)18-26-29(2)22-12-8-20(9-13-22)27-21-10-14-23(30-3)15-11-21/h4-18,27H,1-3H3/q+1. The number of anilines is 3. The van der Waals surface area contributed by atoms with Gasteiger partial charge in [-0.05, 0) is 54.6 Å². The fourth-order valence-corrected chi connectivity index (χ4v) is 3.32. The lowest BCUT2D eigenvalue weighted by molar-refractivity contribution is -0.644. The summed E-state index contributed by atoms with van der Waals surface area (Å²) in [5.41, 5.74) is 5.31. The highest BCUT2D eigenvalue weighted by Gasteiger charge is 2.07. The average molecular weight is 398 g/mol. The molecule has 5 heteroatoms. The Balaban J connectivity index is 1.47. The molecule has 0 saturated carbocycles. The summed E-state index contributed by atoms with van der Waals surface area (Å²) in [7, 11) is 5.67. The van der Waals surface area contributed by atoms with Crippen LogP contribution in [0.1, 0.15) is 5.56 Å². The first kappa shape index (κ1) is 19.5. The number of para-hydroxylation sites is 1. The Morgan fingerprint density at radius 1 is 0.900 bits per heavy atom. The van der Waals surface area contributed by atoms with Crippen molar-refractivity contribution in [3.63, 3.8) is 0 Å². The SMILES string of the molecule is COc1ccc(Nc2ccc(N(C)/N=C\c3cc[n+](C)c4ccccc34)cc2)cc1. The summed E-state index contributed by atoms with van der Waals surface area (Å²) in [4.78, 5) is 0. The van der Waals surface area contributed by atoms with Crippen molar-refractivity contribution in [2.24, 2.45) is 12.1 Å². The zero-order chi connectivity index (χ0) is 20.9. The van der Waals surface area contributed by atoms with Crippen molar-refractivity contribution in [1.29, 1.82) is 0 Å². The predicted octanol–water partition coefficient (Wildman–Crippen LogP) is 4.89. The van der Waals surface area contributed by atoms with E-state index in [0.717, 1.165) is 28.4 Å². The van der Waals surface area contributed by atoms with Crippen molar-refractivity contribution in [1.82, 2.24) is 0 Å². The van der Waals surface area contributed by atoms with Crippen LogP contribution in [0.25, 0.3) is 10.9 Å². The monoisotopic (exact) mass is 397 g/mol. The number of ether oxygens (including phenoxy) is 1. The van der Waals surface area contributed by atoms with E-state index in [4.69, 9.17) is 4.74 Å². The van der Waals surface area contributed by atoms with Gasteiger partial charge in [-0.2, -0.15) is 5.10 Å². The zero-order valence-corrected chi connectivity index (χ0v) is 17.4. The Hall–Kier alpha value is -3.86. The lowest BCUT2D eigenvalue weighted by atomic mass is 10.1. The maximum Gasteiger partial charge on any atom is 0.212 e. The quantitative estimate of drug-likeness (QED) is 0.286. The summed E-state index contributed by atoms with van der Waals surface area (Å²) in [6.45, 7) is 0. The van der Waals surface area contributed by atoms with E-state index in [1.807, 2.05) is 66.8 Å². The number of aryl methyl sites for hydroxylation is 1. The van der Waals surface area contributed by atoms with Gasteiger partial charge in [0.05, 0.1) is 24.4 Å². The summed E-state index contributed by atoms with van der Waals surface area (Å²) in [6, 6.07) is 26.5. The van der Waals surface area contributed by atoms with Gasteiger partial charge in [0.1, 0.15) is 12.8 Å². The smallest absolute Gasteiger partial charge is 0.212 e. The second-order valence-electron chi connectivity index (χ2n) is 7.07. The van der Waals surface area contributed by atoms with E-state index in [1.54, 1.807) is 7.11 Å². The summed E-state index contributed by atoms with van der Waals surface area (Å²) < 4.78 is 7.31. The molecule has 0 spiro atoms. The van der Waals surface area contributed by atoms with Gasteiger partial charge in [0.2, 0.25) is 5.52 Å². The minimum Gasteiger partial charge on any atom is -0.497 e. The van der Waals surface area contributed by atoms with E-state index < -0.39 is 0 Å². The number of fused-ring (bicyclic) bond motifs is 1. The van der Waals surface area contributed by atoms with Crippen molar-refractivity contribution < 1.29 is 9.30 Å². The molecule has 30 heavy (non-hydrogen) atoms. The largest absolute Gasteiger partial charge is 0.497 e. The van der Waals surface area contributed by atoms with E-state index >= 15 is 0 Å². The first-order chi connectivity index (χ1) is 14.6. The lowest BCUT2D eigenvalue weighted by Crippen LogP contribution is -2.28. The van der Waals surface area contributed by atoms with Crippen LogP contribution in [-0.4, -0.2) is 20.4 Å². The predicted molar refractivity (Wildman–Crippen MR) is 124 cm³/mol. The Bertz CT molecular complexity index is 1170.